The smallest absolute Gasteiger partial charge is 0.145 e. The van der Waals surface area contributed by atoms with Crippen molar-refractivity contribution >= 4 is 58.4 Å². The molecule has 0 amide bonds. The first-order chi connectivity index (χ1) is 8.79. The molecule has 0 spiro atoms. The van der Waals surface area contributed by atoms with Gasteiger partial charge in [-0.1, -0.05) is 12.2 Å². The zero-order chi connectivity index (χ0) is 12.8. The van der Waals surface area contributed by atoms with Gasteiger partial charge in [-0.2, -0.15) is 0 Å². The Kier molecular flexibility index (Phi) is 6.17. The number of pyridine rings is 1. The van der Waals surface area contributed by atoms with E-state index in [9.17, 15) is 0 Å². The fourth-order valence-corrected chi connectivity index (χ4v) is 7.16. The van der Waals surface area contributed by atoms with Crippen molar-refractivity contribution in [3.63, 3.8) is 0 Å². The van der Waals surface area contributed by atoms with E-state index in [-0.39, 0.29) is 0 Å². The van der Waals surface area contributed by atoms with E-state index in [1.165, 1.54) is 20.4 Å². The average Bonchev–Trinajstić information content (AvgIpc) is 2.76. The lowest BCUT2D eigenvalue weighted by Crippen LogP contribution is -1.87. The van der Waals surface area contributed by atoms with E-state index in [0.717, 1.165) is 15.3 Å². The first-order valence-corrected chi connectivity index (χ1v) is 9.74. The summed E-state index contributed by atoms with van der Waals surface area (Å²) < 4.78 is 3.81. The van der Waals surface area contributed by atoms with Crippen molar-refractivity contribution in [1.82, 2.24) is 4.98 Å². The molecule has 0 aliphatic carbocycles. The quantitative estimate of drug-likeness (QED) is 0.400. The van der Waals surface area contributed by atoms with Crippen molar-refractivity contribution < 1.29 is 0 Å². The molecule has 2 rings (SSSR count). The van der Waals surface area contributed by atoms with Crippen LogP contribution in [0.1, 0.15) is 12.0 Å². The van der Waals surface area contributed by atoms with Gasteiger partial charge in [0.05, 0.1) is 8.42 Å². The fourth-order valence-electron chi connectivity index (χ4n) is 1.46. The van der Waals surface area contributed by atoms with Crippen LogP contribution in [0.3, 0.4) is 0 Å². The van der Waals surface area contributed by atoms with E-state index >= 15 is 0 Å². The van der Waals surface area contributed by atoms with Gasteiger partial charge in [-0.15, -0.1) is 46.2 Å². The van der Waals surface area contributed by atoms with Crippen molar-refractivity contribution in [2.75, 3.05) is 12.0 Å². The Balaban J connectivity index is 1.80. The molecule has 0 N–H and O–H groups in total. The highest BCUT2D eigenvalue weighted by Crippen LogP contribution is 2.39. The maximum absolute atomic E-state index is 5.25. The SMILES string of the molecule is CSc1sc(=S)sc1SCCCc1ccncc1. The van der Waals surface area contributed by atoms with Gasteiger partial charge in [0.1, 0.15) is 3.14 Å². The lowest BCUT2D eigenvalue weighted by molar-refractivity contribution is 0.929. The van der Waals surface area contributed by atoms with Crippen LogP contribution in [0, 0.1) is 3.14 Å². The van der Waals surface area contributed by atoms with Gasteiger partial charge in [0, 0.05) is 12.4 Å². The van der Waals surface area contributed by atoms with Gasteiger partial charge in [0.15, 0.2) is 0 Å². The van der Waals surface area contributed by atoms with Crippen LogP contribution in [-0.2, 0) is 6.42 Å². The highest BCUT2D eigenvalue weighted by Gasteiger charge is 2.06. The molecular weight excluding hydrogens is 318 g/mol. The van der Waals surface area contributed by atoms with Crippen LogP contribution in [-0.4, -0.2) is 17.0 Å². The summed E-state index contributed by atoms with van der Waals surface area (Å²) in [5.41, 5.74) is 1.37. The zero-order valence-corrected chi connectivity index (χ0v) is 14.0. The minimum absolute atomic E-state index is 1.04. The van der Waals surface area contributed by atoms with E-state index in [2.05, 4.69) is 23.4 Å². The predicted molar refractivity (Wildman–Crippen MR) is 88.1 cm³/mol. The lowest BCUT2D eigenvalue weighted by Gasteiger charge is -2.01. The maximum Gasteiger partial charge on any atom is 0.145 e. The molecule has 0 radical (unpaired) electrons. The molecule has 0 fully saturated rings. The lowest BCUT2D eigenvalue weighted by atomic mass is 10.2. The first-order valence-electron chi connectivity index (χ1n) is 5.49. The molecule has 0 unspecified atom stereocenters. The minimum Gasteiger partial charge on any atom is -0.265 e. The van der Waals surface area contributed by atoms with Crippen LogP contribution in [0.2, 0.25) is 0 Å². The molecule has 18 heavy (non-hydrogen) atoms. The molecule has 0 bridgehead atoms. The summed E-state index contributed by atoms with van der Waals surface area (Å²) in [6.45, 7) is 0. The second-order valence-corrected chi connectivity index (χ2v) is 9.20. The number of thioether (sulfide) groups is 2. The highest BCUT2D eigenvalue weighted by molar-refractivity contribution is 8.05. The van der Waals surface area contributed by atoms with E-state index < -0.39 is 0 Å². The first kappa shape index (κ1) is 14.5. The summed E-state index contributed by atoms with van der Waals surface area (Å²) >= 11 is 12.5. The van der Waals surface area contributed by atoms with Gasteiger partial charge in [0.2, 0.25) is 0 Å². The van der Waals surface area contributed by atoms with Crippen LogP contribution in [0.5, 0.6) is 0 Å². The molecule has 0 aliphatic heterocycles. The summed E-state index contributed by atoms with van der Waals surface area (Å²) in [5, 5.41) is 0. The molecule has 2 aromatic rings. The van der Waals surface area contributed by atoms with Crippen LogP contribution >= 0.6 is 58.4 Å². The van der Waals surface area contributed by atoms with Crippen LogP contribution < -0.4 is 0 Å². The molecule has 96 valence electrons. The normalized spacial score (nSPS) is 10.7. The zero-order valence-electron chi connectivity index (χ0n) is 9.92. The second-order valence-electron chi connectivity index (χ2n) is 3.54. The van der Waals surface area contributed by atoms with Gasteiger partial charge < -0.3 is 0 Å². The number of aromatic nitrogens is 1. The Hall–Kier alpha value is 0.120. The van der Waals surface area contributed by atoms with Crippen LogP contribution in [0.25, 0.3) is 0 Å². The molecule has 1 nitrogen and oxygen atoms in total. The van der Waals surface area contributed by atoms with E-state index in [1.807, 2.05) is 24.2 Å². The van der Waals surface area contributed by atoms with Crippen molar-refractivity contribution in [1.29, 1.82) is 0 Å². The molecule has 0 saturated heterocycles. The third-order valence-electron chi connectivity index (χ3n) is 2.30. The number of nitrogens with zero attached hydrogens (tertiary/aromatic N) is 1. The Morgan fingerprint density at radius 3 is 2.67 bits per heavy atom. The third kappa shape index (κ3) is 4.35. The molecule has 0 atom stereocenters. The van der Waals surface area contributed by atoms with E-state index in [0.29, 0.717) is 0 Å². The Morgan fingerprint density at radius 1 is 1.22 bits per heavy atom. The topological polar surface area (TPSA) is 12.9 Å². The molecule has 6 heteroatoms. The largest absolute Gasteiger partial charge is 0.265 e. The number of hydrogen-bond donors (Lipinski definition) is 0. The van der Waals surface area contributed by atoms with E-state index in [1.54, 1.807) is 34.4 Å². The predicted octanol–water partition coefficient (Wildman–Crippen LogP) is 5.38. The fraction of sp³-hybridized carbons (Fsp3) is 0.333. The van der Waals surface area contributed by atoms with Gasteiger partial charge in [0.25, 0.3) is 0 Å². The molecule has 0 aromatic carbocycles. The Bertz CT molecular complexity index is 531. The summed E-state index contributed by atoms with van der Waals surface area (Å²) in [6, 6.07) is 4.18. The standard InChI is InChI=1S/C12H13NS5/c1-15-10-11(18-12(14)17-10)16-8-2-3-9-4-6-13-7-5-9/h4-7H,2-3,8H2,1H3. The number of rotatable bonds is 6. The minimum atomic E-state index is 1.04. The molecule has 0 saturated carbocycles. The molecule has 2 aromatic heterocycles. The van der Waals surface area contributed by atoms with Crippen LogP contribution in [0.4, 0.5) is 0 Å². The van der Waals surface area contributed by atoms with E-state index in [4.69, 9.17) is 12.2 Å². The van der Waals surface area contributed by atoms with Crippen molar-refractivity contribution in [3.05, 3.63) is 33.2 Å². The van der Waals surface area contributed by atoms with Crippen molar-refractivity contribution in [2.24, 2.45) is 0 Å². The van der Waals surface area contributed by atoms with Gasteiger partial charge in [-0.05, 0) is 42.5 Å². The summed E-state index contributed by atoms with van der Waals surface area (Å²) in [6.07, 6.45) is 8.16. The average molecular weight is 332 g/mol. The molecule has 2 heterocycles. The Labute approximate surface area is 129 Å². The maximum atomic E-state index is 5.25. The monoisotopic (exact) mass is 331 g/mol. The number of aryl methyl sites for hydroxylation is 1. The summed E-state index contributed by atoms with van der Waals surface area (Å²) in [4.78, 5) is 4.03. The highest BCUT2D eigenvalue weighted by atomic mass is 32.2. The van der Waals surface area contributed by atoms with Gasteiger partial charge in [-0.25, -0.2) is 0 Å². The summed E-state index contributed by atoms with van der Waals surface area (Å²) in [7, 11) is 0. The molecule has 0 aliphatic rings. The molecular formula is C12H13NS5. The summed E-state index contributed by atoms with van der Waals surface area (Å²) in [5.74, 6) is 1.15. The van der Waals surface area contributed by atoms with Crippen molar-refractivity contribution in [2.45, 2.75) is 21.3 Å². The second kappa shape index (κ2) is 7.65. The van der Waals surface area contributed by atoms with Crippen LogP contribution in [0.15, 0.2) is 32.9 Å². The Morgan fingerprint density at radius 2 is 1.94 bits per heavy atom. The van der Waals surface area contributed by atoms with Crippen molar-refractivity contribution in [3.8, 4) is 0 Å². The number of hydrogen-bond acceptors (Lipinski definition) is 6. The van der Waals surface area contributed by atoms with Gasteiger partial charge in [-0.3, -0.25) is 4.98 Å². The van der Waals surface area contributed by atoms with Gasteiger partial charge >= 0.3 is 0 Å². The third-order valence-corrected chi connectivity index (χ3v) is 7.81.